The molecule has 0 fully saturated rings. The fourth-order valence-electron chi connectivity index (χ4n) is 3.26. The summed E-state index contributed by atoms with van der Waals surface area (Å²) in [4.78, 5) is 12.7. The highest BCUT2D eigenvalue weighted by molar-refractivity contribution is 7.89. The highest BCUT2D eigenvalue weighted by atomic mass is 35.5. The van der Waals surface area contributed by atoms with Gasteiger partial charge >= 0.3 is 6.01 Å². The number of nitrogens with zero attached hydrogens (tertiary/aromatic N) is 3. The Balaban J connectivity index is 1.46. The maximum absolute atomic E-state index is 13.1. The number of halogens is 1. The number of anilines is 1. The summed E-state index contributed by atoms with van der Waals surface area (Å²) in [5, 5.41) is 10.8. The molecule has 0 bridgehead atoms. The van der Waals surface area contributed by atoms with Crippen molar-refractivity contribution in [3.63, 3.8) is 0 Å². The van der Waals surface area contributed by atoms with Gasteiger partial charge in [0.1, 0.15) is 0 Å². The molecule has 174 valence electrons. The molecule has 10 heteroatoms. The standard InChI is InChI=1S/C24H21ClN4O4S/c1-2-29(16-17-7-4-3-5-8-17)34(31,32)21-13-11-18(12-14-21)22(30)26-24-28-27-23(33-24)19-9-6-10-20(25)15-19/h3-15H,2,16H2,1H3,(H,26,28,30). The second kappa shape index (κ2) is 10.2. The van der Waals surface area contributed by atoms with Crippen LogP contribution < -0.4 is 5.32 Å². The Morgan fingerprint density at radius 1 is 1.00 bits per heavy atom. The number of carbonyl (C=O) groups excluding carboxylic acids is 1. The summed E-state index contributed by atoms with van der Waals surface area (Å²) in [5.41, 5.74) is 1.75. The Labute approximate surface area is 202 Å². The molecular weight excluding hydrogens is 476 g/mol. The highest BCUT2D eigenvalue weighted by Crippen LogP contribution is 2.23. The smallest absolute Gasteiger partial charge is 0.322 e. The number of rotatable bonds is 8. The first-order chi connectivity index (χ1) is 16.4. The molecule has 0 saturated carbocycles. The van der Waals surface area contributed by atoms with Gasteiger partial charge in [-0.05, 0) is 48.0 Å². The number of benzene rings is 3. The summed E-state index contributed by atoms with van der Waals surface area (Å²) in [6.07, 6.45) is 0. The van der Waals surface area contributed by atoms with Gasteiger partial charge in [-0.1, -0.05) is 60.0 Å². The van der Waals surface area contributed by atoms with Crippen LogP contribution in [-0.4, -0.2) is 35.4 Å². The van der Waals surface area contributed by atoms with Crippen LogP contribution in [0, 0.1) is 0 Å². The van der Waals surface area contributed by atoms with Crippen LogP contribution in [-0.2, 0) is 16.6 Å². The van der Waals surface area contributed by atoms with Crippen LogP contribution in [0.5, 0.6) is 0 Å². The molecular formula is C24H21ClN4O4S. The molecule has 1 amide bonds. The quantitative estimate of drug-likeness (QED) is 0.373. The van der Waals surface area contributed by atoms with Gasteiger partial charge < -0.3 is 4.42 Å². The minimum Gasteiger partial charge on any atom is -0.403 e. The molecule has 0 aliphatic rings. The zero-order valence-electron chi connectivity index (χ0n) is 18.2. The van der Waals surface area contributed by atoms with E-state index in [9.17, 15) is 13.2 Å². The Bertz CT molecular complexity index is 1390. The average molecular weight is 497 g/mol. The van der Waals surface area contributed by atoms with Crippen molar-refractivity contribution in [2.45, 2.75) is 18.4 Å². The van der Waals surface area contributed by atoms with E-state index >= 15 is 0 Å². The third-order valence-corrected chi connectivity index (χ3v) is 7.20. The van der Waals surface area contributed by atoms with Crippen molar-refractivity contribution in [1.82, 2.24) is 14.5 Å². The lowest BCUT2D eigenvalue weighted by Gasteiger charge is -2.20. The van der Waals surface area contributed by atoms with Gasteiger partial charge in [0.15, 0.2) is 0 Å². The molecule has 0 aliphatic carbocycles. The lowest BCUT2D eigenvalue weighted by atomic mass is 10.2. The van der Waals surface area contributed by atoms with Crippen molar-refractivity contribution in [2.24, 2.45) is 0 Å². The second-order valence-corrected chi connectivity index (χ2v) is 9.69. The van der Waals surface area contributed by atoms with Crippen LogP contribution in [0.15, 0.2) is 88.2 Å². The molecule has 1 heterocycles. The van der Waals surface area contributed by atoms with Crippen LogP contribution in [0.1, 0.15) is 22.8 Å². The molecule has 4 aromatic rings. The fraction of sp³-hybridized carbons (Fsp3) is 0.125. The Kier molecular flexibility index (Phi) is 7.06. The molecule has 0 aliphatic heterocycles. The number of nitrogens with one attached hydrogen (secondary N) is 1. The third kappa shape index (κ3) is 5.33. The monoisotopic (exact) mass is 496 g/mol. The summed E-state index contributed by atoms with van der Waals surface area (Å²) in [6, 6.07) is 21.8. The van der Waals surface area contributed by atoms with E-state index in [-0.39, 0.29) is 28.9 Å². The summed E-state index contributed by atoms with van der Waals surface area (Å²) >= 11 is 5.97. The van der Waals surface area contributed by atoms with Gasteiger partial charge in [-0.3, -0.25) is 10.1 Å². The molecule has 0 spiro atoms. The van der Waals surface area contributed by atoms with Crippen LogP contribution in [0.25, 0.3) is 11.5 Å². The summed E-state index contributed by atoms with van der Waals surface area (Å²) < 4.78 is 33.0. The van der Waals surface area contributed by atoms with Crippen LogP contribution in [0.4, 0.5) is 6.01 Å². The molecule has 0 saturated heterocycles. The SMILES string of the molecule is CCN(Cc1ccccc1)S(=O)(=O)c1ccc(C(=O)Nc2nnc(-c3cccc(Cl)c3)o2)cc1. The molecule has 1 N–H and O–H groups in total. The van der Waals surface area contributed by atoms with E-state index in [0.29, 0.717) is 17.1 Å². The molecule has 4 rings (SSSR count). The maximum Gasteiger partial charge on any atom is 0.322 e. The average Bonchev–Trinajstić information content (AvgIpc) is 3.31. The lowest BCUT2D eigenvalue weighted by molar-refractivity contribution is 0.102. The Morgan fingerprint density at radius 2 is 1.74 bits per heavy atom. The van der Waals surface area contributed by atoms with Crippen molar-refractivity contribution in [3.05, 3.63) is 95.0 Å². The molecule has 1 aromatic heterocycles. The number of carbonyl (C=O) groups is 1. The number of amides is 1. The highest BCUT2D eigenvalue weighted by Gasteiger charge is 2.23. The van der Waals surface area contributed by atoms with Gasteiger partial charge in [0.25, 0.3) is 5.91 Å². The molecule has 3 aromatic carbocycles. The number of hydrogen-bond donors (Lipinski definition) is 1. The van der Waals surface area contributed by atoms with Gasteiger partial charge in [-0.15, -0.1) is 5.10 Å². The van der Waals surface area contributed by atoms with Crippen molar-refractivity contribution >= 4 is 33.5 Å². The largest absolute Gasteiger partial charge is 0.403 e. The predicted molar refractivity (Wildman–Crippen MR) is 129 cm³/mol. The summed E-state index contributed by atoms with van der Waals surface area (Å²) in [6.45, 7) is 2.35. The third-order valence-electron chi connectivity index (χ3n) is 5.03. The summed E-state index contributed by atoms with van der Waals surface area (Å²) in [5.74, 6) is -0.306. The Morgan fingerprint density at radius 3 is 2.41 bits per heavy atom. The zero-order chi connectivity index (χ0) is 24.1. The normalized spacial score (nSPS) is 11.5. The van der Waals surface area contributed by atoms with E-state index in [4.69, 9.17) is 16.0 Å². The maximum atomic E-state index is 13.1. The topological polar surface area (TPSA) is 105 Å². The van der Waals surface area contributed by atoms with Crippen molar-refractivity contribution in [1.29, 1.82) is 0 Å². The zero-order valence-corrected chi connectivity index (χ0v) is 19.8. The van der Waals surface area contributed by atoms with Crippen molar-refractivity contribution in [2.75, 3.05) is 11.9 Å². The minimum atomic E-state index is -3.73. The fourth-order valence-corrected chi connectivity index (χ4v) is 4.89. The van der Waals surface area contributed by atoms with Crippen molar-refractivity contribution < 1.29 is 17.6 Å². The van der Waals surface area contributed by atoms with Gasteiger partial charge in [0.2, 0.25) is 15.9 Å². The van der Waals surface area contributed by atoms with E-state index in [1.807, 2.05) is 30.3 Å². The first kappa shape index (κ1) is 23.6. The van der Waals surface area contributed by atoms with Crippen LogP contribution >= 0.6 is 11.6 Å². The summed E-state index contributed by atoms with van der Waals surface area (Å²) in [7, 11) is -3.73. The Hall–Kier alpha value is -3.53. The molecule has 0 radical (unpaired) electrons. The van der Waals surface area contributed by atoms with Crippen LogP contribution in [0.3, 0.4) is 0 Å². The van der Waals surface area contributed by atoms with E-state index in [1.54, 1.807) is 31.2 Å². The van der Waals surface area contributed by atoms with E-state index in [1.165, 1.54) is 28.6 Å². The number of hydrogen-bond acceptors (Lipinski definition) is 6. The molecule has 8 nitrogen and oxygen atoms in total. The number of sulfonamides is 1. The second-order valence-electron chi connectivity index (χ2n) is 7.32. The first-order valence-corrected chi connectivity index (χ1v) is 12.2. The minimum absolute atomic E-state index is 0.0864. The van der Waals surface area contributed by atoms with Crippen molar-refractivity contribution in [3.8, 4) is 11.5 Å². The molecule has 34 heavy (non-hydrogen) atoms. The van der Waals surface area contributed by atoms with Gasteiger partial charge in [0.05, 0.1) is 4.90 Å². The molecule has 0 atom stereocenters. The predicted octanol–water partition coefficient (Wildman–Crippen LogP) is 4.85. The van der Waals surface area contributed by atoms with Crippen LogP contribution in [0.2, 0.25) is 5.02 Å². The van der Waals surface area contributed by atoms with E-state index in [2.05, 4.69) is 15.5 Å². The van der Waals surface area contributed by atoms with Gasteiger partial charge in [-0.25, -0.2) is 8.42 Å². The molecule has 0 unspecified atom stereocenters. The lowest BCUT2D eigenvalue weighted by Crippen LogP contribution is -2.30. The van der Waals surface area contributed by atoms with E-state index in [0.717, 1.165) is 5.56 Å². The first-order valence-electron chi connectivity index (χ1n) is 10.4. The van der Waals surface area contributed by atoms with E-state index < -0.39 is 15.9 Å². The van der Waals surface area contributed by atoms with Gasteiger partial charge in [-0.2, -0.15) is 4.31 Å². The number of aromatic nitrogens is 2. The van der Waals surface area contributed by atoms with Gasteiger partial charge in [0, 0.05) is 29.2 Å².